The van der Waals surface area contributed by atoms with Crippen LogP contribution in [0.4, 0.5) is 5.69 Å². The number of amides is 1. The van der Waals surface area contributed by atoms with E-state index in [2.05, 4.69) is 36.4 Å². The van der Waals surface area contributed by atoms with E-state index in [9.17, 15) is 4.79 Å². The summed E-state index contributed by atoms with van der Waals surface area (Å²) in [5.41, 5.74) is 4.20. The average molecular weight is 504 g/mol. The van der Waals surface area contributed by atoms with Gasteiger partial charge in [-0.05, 0) is 59.9 Å². The molecule has 1 aliphatic rings. The summed E-state index contributed by atoms with van der Waals surface area (Å²) in [5.74, 6) is 1.69. The summed E-state index contributed by atoms with van der Waals surface area (Å²) in [6.45, 7) is 0.394. The molecule has 1 saturated carbocycles. The van der Waals surface area contributed by atoms with Gasteiger partial charge in [0.05, 0.1) is 0 Å². The summed E-state index contributed by atoms with van der Waals surface area (Å²) >= 11 is 0. The summed E-state index contributed by atoms with van der Waals surface area (Å²) in [6.07, 6.45) is 5.43. The third-order valence-electron chi connectivity index (χ3n) is 7.01. The van der Waals surface area contributed by atoms with E-state index in [4.69, 9.17) is 18.9 Å². The Morgan fingerprint density at radius 3 is 1.81 bits per heavy atom. The number of para-hydroxylation sites is 1. The maximum Gasteiger partial charge on any atom is 0.229 e. The predicted octanol–water partition coefficient (Wildman–Crippen LogP) is 6.38. The highest BCUT2D eigenvalue weighted by Gasteiger charge is 2.28. The first-order valence-electron chi connectivity index (χ1n) is 12.9. The number of carbonyl (C=O) groups is 1. The molecule has 6 nitrogen and oxygen atoms in total. The zero-order chi connectivity index (χ0) is 26.0. The third-order valence-corrected chi connectivity index (χ3v) is 7.01. The molecule has 6 heteroatoms. The molecule has 0 heterocycles. The van der Waals surface area contributed by atoms with Crippen LogP contribution >= 0.6 is 0 Å². The number of benzene rings is 3. The number of carbonyl (C=O) groups excluding carboxylic acids is 1. The highest BCUT2D eigenvalue weighted by molar-refractivity contribution is 5.95. The van der Waals surface area contributed by atoms with Crippen LogP contribution in [-0.4, -0.2) is 40.8 Å². The molecule has 0 N–H and O–H groups in total. The van der Waals surface area contributed by atoms with Crippen LogP contribution in [-0.2, 0) is 14.3 Å². The van der Waals surface area contributed by atoms with E-state index in [1.165, 1.54) is 6.42 Å². The molecule has 4 rings (SSSR count). The monoisotopic (exact) mass is 503 g/mol. The maximum atomic E-state index is 13.5. The Labute approximate surface area is 220 Å². The number of methoxy groups -OCH3 is 2. The van der Waals surface area contributed by atoms with Crippen LogP contribution in [0.25, 0.3) is 0 Å². The van der Waals surface area contributed by atoms with Crippen LogP contribution < -0.4 is 14.4 Å². The molecule has 0 radical (unpaired) electrons. The van der Waals surface area contributed by atoms with Gasteiger partial charge in [-0.3, -0.25) is 4.79 Å². The molecule has 1 aliphatic carbocycles. The third kappa shape index (κ3) is 6.70. The molecule has 0 saturated heterocycles. The van der Waals surface area contributed by atoms with E-state index < -0.39 is 0 Å². The second kappa shape index (κ2) is 13.3. The minimum Gasteiger partial charge on any atom is -0.468 e. The van der Waals surface area contributed by atoms with E-state index in [0.717, 1.165) is 59.6 Å². The smallest absolute Gasteiger partial charge is 0.229 e. The fourth-order valence-electron chi connectivity index (χ4n) is 5.10. The lowest BCUT2D eigenvalue weighted by Gasteiger charge is -2.30. The van der Waals surface area contributed by atoms with Gasteiger partial charge in [0.2, 0.25) is 5.91 Å². The van der Waals surface area contributed by atoms with Crippen LogP contribution in [0.15, 0.2) is 72.8 Å². The quantitative estimate of drug-likeness (QED) is 0.225. The lowest BCUT2D eigenvalue weighted by atomic mass is 9.83. The normalized spacial score (nSPS) is 13.9. The van der Waals surface area contributed by atoms with Gasteiger partial charge in [-0.15, -0.1) is 0 Å². The number of anilines is 1. The second-order valence-corrected chi connectivity index (χ2v) is 9.46. The molecule has 1 fully saturated rings. The molecule has 0 aromatic heterocycles. The van der Waals surface area contributed by atoms with Crippen molar-refractivity contribution in [2.45, 2.75) is 38.0 Å². The highest BCUT2D eigenvalue weighted by Crippen LogP contribution is 2.39. The minimum atomic E-state index is -0.0919. The molecule has 1 amide bonds. The molecular weight excluding hydrogens is 466 g/mol. The Kier molecular flexibility index (Phi) is 9.58. The second-order valence-electron chi connectivity index (χ2n) is 9.46. The van der Waals surface area contributed by atoms with Crippen LogP contribution in [0.3, 0.4) is 0 Å². The van der Waals surface area contributed by atoms with Gasteiger partial charge in [0.25, 0.3) is 0 Å². The molecule has 0 bridgehead atoms. The summed E-state index contributed by atoms with van der Waals surface area (Å²) in [4.78, 5) is 15.4. The fourth-order valence-corrected chi connectivity index (χ4v) is 5.10. The van der Waals surface area contributed by atoms with Crippen molar-refractivity contribution in [1.29, 1.82) is 0 Å². The molecular formula is C31H37NO5. The van der Waals surface area contributed by atoms with Gasteiger partial charge in [0.15, 0.2) is 13.6 Å². The van der Waals surface area contributed by atoms with Gasteiger partial charge in [0, 0.05) is 38.8 Å². The standard InChI is InChI=1S/C31H37NO5/c1-32(31(33)25-9-5-4-6-10-25)29-12-8-7-11-28(29)30(23-13-17-26(18-14-23)36-21-34-2)24-15-19-27(20-16-24)37-22-35-3/h7-8,11-20,25,30H,4-6,9-10,21-22H2,1-3H3. The van der Waals surface area contributed by atoms with Gasteiger partial charge >= 0.3 is 0 Å². The fraction of sp³-hybridized carbons (Fsp3) is 0.387. The van der Waals surface area contributed by atoms with Gasteiger partial charge in [-0.1, -0.05) is 61.7 Å². The Hall–Kier alpha value is -3.35. The molecule has 0 aliphatic heterocycles. The lowest BCUT2D eigenvalue weighted by Crippen LogP contribution is -2.34. The molecule has 0 atom stereocenters. The number of nitrogens with zero attached hydrogens (tertiary/aromatic N) is 1. The minimum absolute atomic E-state index is 0.0919. The first-order valence-corrected chi connectivity index (χ1v) is 12.9. The van der Waals surface area contributed by atoms with Crippen LogP contribution in [0.2, 0.25) is 0 Å². The number of rotatable bonds is 11. The zero-order valence-electron chi connectivity index (χ0n) is 22.0. The summed E-state index contributed by atoms with van der Waals surface area (Å²) < 4.78 is 21.3. The van der Waals surface area contributed by atoms with E-state index in [1.54, 1.807) is 14.2 Å². The van der Waals surface area contributed by atoms with E-state index >= 15 is 0 Å². The van der Waals surface area contributed by atoms with Crippen molar-refractivity contribution in [2.75, 3.05) is 39.8 Å². The lowest BCUT2D eigenvalue weighted by molar-refractivity contribution is -0.123. The van der Waals surface area contributed by atoms with Gasteiger partial charge < -0.3 is 23.8 Å². The largest absolute Gasteiger partial charge is 0.468 e. The van der Waals surface area contributed by atoms with Crippen molar-refractivity contribution in [3.63, 3.8) is 0 Å². The van der Waals surface area contributed by atoms with Gasteiger partial charge in [-0.25, -0.2) is 0 Å². The van der Waals surface area contributed by atoms with Crippen LogP contribution in [0.5, 0.6) is 11.5 Å². The molecule has 0 spiro atoms. The number of hydrogen-bond acceptors (Lipinski definition) is 5. The van der Waals surface area contributed by atoms with Crippen molar-refractivity contribution < 1.29 is 23.7 Å². The van der Waals surface area contributed by atoms with Crippen molar-refractivity contribution in [3.8, 4) is 11.5 Å². The van der Waals surface area contributed by atoms with E-state index in [-0.39, 0.29) is 31.3 Å². The van der Waals surface area contributed by atoms with E-state index in [0.29, 0.717) is 0 Å². The van der Waals surface area contributed by atoms with Crippen molar-refractivity contribution in [3.05, 3.63) is 89.5 Å². The zero-order valence-corrected chi connectivity index (χ0v) is 22.0. The summed E-state index contributed by atoms with van der Waals surface area (Å²) in [7, 11) is 5.12. The highest BCUT2D eigenvalue weighted by atomic mass is 16.7. The summed E-state index contributed by atoms with van der Waals surface area (Å²) in [5, 5.41) is 0. The SMILES string of the molecule is COCOc1ccc(C(c2ccc(OCOC)cc2)c2ccccc2N(C)C(=O)C2CCCCC2)cc1. The number of hydrogen-bond donors (Lipinski definition) is 0. The Balaban J connectivity index is 1.72. The predicted molar refractivity (Wildman–Crippen MR) is 145 cm³/mol. The Morgan fingerprint density at radius 2 is 1.30 bits per heavy atom. The van der Waals surface area contributed by atoms with Crippen LogP contribution in [0, 0.1) is 5.92 Å². The average Bonchev–Trinajstić information content (AvgIpc) is 2.96. The van der Waals surface area contributed by atoms with Crippen molar-refractivity contribution >= 4 is 11.6 Å². The van der Waals surface area contributed by atoms with E-state index in [1.807, 2.05) is 48.3 Å². The first kappa shape index (κ1) is 26.7. The maximum absolute atomic E-state index is 13.5. The molecule has 0 unspecified atom stereocenters. The van der Waals surface area contributed by atoms with Gasteiger partial charge in [-0.2, -0.15) is 0 Å². The molecule has 37 heavy (non-hydrogen) atoms. The summed E-state index contributed by atoms with van der Waals surface area (Å²) in [6, 6.07) is 24.3. The molecule has 3 aromatic rings. The number of ether oxygens (including phenoxy) is 4. The molecule has 196 valence electrons. The Morgan fingerprint density at radius 1 is 0.784 bits per heavy atom. The Bertz CT molecular complexity index is 1070. The molecule has 3 aromatic carbocycles. The van der Waals surface area contributed by atoms with Gasteiger partial charge in [0.1, 0.15) is 11.5 Å². The van der Waals surface area contributed by atoms with Crippen molar-refractivity contribution in [2.24, 2.45) is 5.92 Å². The first-order chi connectivity index (χ1) is 18.1. The topological polar surface area (TPSA) is 57.2 Å². The van der Waals surface area contributed by atoms with Crippen LogP contribution in [0.1, 0.15) is 54.7 Å². The van der Waals surface area contributed by atoms with Crippen molar-refractivity contribution in [1.82, 2.24) is 0 Å².